The first-order valence-electron chi connectivity index (χ1n) is 10.2. The molecular weight excluding hydrogens is 384 g/mol. The third-order valence-electron chi connectivity index (χ3n) is 5.31. The van der Waals surface area contributed by atoms with Gasteiger partial charge in [-0.05, 0) is 34.1 Å². The Labute approximate surface area is 176 Å². The van der Waals surface area contributed by atoms with E-state index in [0.29, 0.717) is 36.1 Å². The Balaban J connectivity index is 1.81. The van der Waals surface area contributed by atoms with Gasteiger partial charge in [0.05, 0.1) is 23.4 Å². The molecule has 2 aromatic heterocycles. The highest BCUT2D eigenvalue weighted by Crippen LogP contribution is 2.30. The number of nitrogens with one attached hydrogen (secondary N) is 1. The van der Waals surface area contributed by atoms with Crippen LogP contribution in [0.3, 0.4) is 0 Å². The van der Waals surface area contributed by atoms with Gasteiger partial charge in [0.2, 0.25) is 11.9 Å². The molecule has 1 aliphatic rings. The van der Waals surface area contributed by atoms with E-state index in [2.05, 4.69) is 20.4 Å². The van der Waals surface area contributed by atoms with Crippen molar-refractivity contribution in [1.29, 1.82) is 0 Å². The van der Waals surface area contributed by atoms with Crippen LogP contribution in [0, 0.1) is 13.8 Å². The van der Waals surface area contributed by atoms with Crippen molar-refractivity contribution in [3.05, 3.63) is 34.5 Å². The van der Waals surface area contributed by atoms with Crippen molar-refractivity contribution in [2.24, 2.45) is 0 Å². The van der Waals surface area contributed by atoms with Crippen molar-refractivity contribution >= 4 is 17.8 Å². The largest absolute Gasteiger partial charge is 0.361 e. The van der Waals surface area contributed by atoms with E-state index in [1.54, 1.807) is 6.20 Å². The van der Waals surface area contributed by atoms with Crippen LogP contribution in [0.15, 0.2) is 10.7 Å². The number of amides is 2. The molecule has 30 heavy (non-hydrogen) atoms. The van der Waals surface area contributed by atoms with Crippen LogP contribution in [-0.2, 0) is 11.2 Å². The molecule has 2 aromatic rings. The number of carbonyl (C=O) groups excluding carboxylic acids is 2. The van der Waals surface area contributed by atoms with E-state index in [0.717, 1.165) is 17.7 Å². The average Bonchev–Trinajstić information content (AvgIpc) is 3.29. The van der Waals surface area contributed by atoms with Crippen molar-refractivity contribution in [3.63, 3.8) is 0 Å². The average molecular weight is 415 g/mol. The number of hydrogen-bond acceptors (Lipinski definition) is 7. The van der Waals surface area contributed by atoms with Crippen molar-refractivity contribution in [3.8, 4) is 0 Å². The lowest BCUT2D eigenvalue weighted by Gasteiger charge is -2.20. The standard InChI is InChI=1S/C21H30N6O3/c1-12(2)23-20(29)17-10-22-21(26(5)6)24-19(17)15-7-8-27(11-15)18(28)9-16-13(3)25-30-14(16)4/h10,12,15H,7-9,11H2,1-6H3,(H,23,29). The topological polar surface area (TPSA) is 104 Å². The number of aromatic nitrogens is 3. The summed E-state index contributed by atoms with van der Waals surface area (Å²) in [5, 5.41) is 6.84. The van der Waals surface area contributed by atoms with Crippen LogP contribution in [0.1, 0.15) is 59.3 Å². The molecule has 0 spiro atoms. The summed E-state index contributed by atoms with van der Waals surface area (Å²) in [6.07, 6.45) is 2.60. The fraction of sp³-hybridized carbons (Fsp3) is 0.571. The summed E-state index contributed by atoms with van der Waals surface area (Å²) in [5.41, 5.74) is 2.76. The molecule has 9 nitrogen and oxygen atoms in total. The van der Waals surface area contributed by atoms with E-state index in [1.807, 2.05) is 51.6 Å². The van der Waals surface area contributed by atoms with Gasteiger partial charge < -0.3 is 19.6 Å². The van der Waals surface area contributed by atoms with Gasteiger partial charge in [-0.2, -0.15) is 0 Å². The van der Waals surface area contributed by atoms with Gasteiger partial charge in [0.1, 0.15) is 5.76 Å². The van der Waals surface area contributed by atoms with Crippen LogP contribution in [0.2, 0.25) is 0 Å². The fourth-order valence-electron chi connectivity index (χ4n) is 3.65. The number of rotatable bonds is 6. The minimum atomic E-state index is -0.189. The number of anilines is 1. The van der Waals surface area contributed by atoms with Gasteiger partial charge in [-0.1, -0.05) is 5.16 Å². The highest BCUT2D eigenvalue weighted by Gasteiger charge is 2.32. The quantitative estimate of drug-likeness (QED) is 0.769. The summed E-state index contributed by atoms with van der Waals surface area (Å²) >= 11 is 0. The Kier molecular flexibility index (Phi) is 6.38. The summed E-state index contributed by atoms with van der Waals surface area (Å²) in [5.74, 6) is 1.04. The maximum Gasteiger partial charge on any atom is 0.254 e. The molecule has 1 atom stereocenters. The summed E-state index contributed by atoms with van der Waals surface area (Å²) in [6, 6.07) is 0.00979. The Morgan fingerprint density at radius 3 is 2.67 bits per heavy atom. The Morgan fingerprint density at radius 1 is 1.33 bits per heavy atom. The fourth-order valence-corrected chi connectivity index (χ4v) is 3.65. The molecule has 3 heterocycles. The first kappa shape index (κ1) is 21.7. The molecule has 9 heteroatoms. The summed E-state index contributed by atoms with van der Waals surface area (Å²) in [6.45, 7) is 8.63. The predicted molar refractivity (Wildman–Crippen MR) is 113 cm³/mol. The van der Waals surface area contributed by atoms with Crippen LogP contribution < -0.4 is 10.2 Å². The van der Waals surface area contributed by atoms with Gasteiger partial charge in [-0.25, -0.2) is 9.97 Å². The lowest BCUT2D eigenvalue weighted by molar-refractivity contribution is -0.129. The molecule has 0 saturated carbocycles. The number of carbonyl (C=O) groups is 2. The van der Waals surface area contributed by atoms with Crippen molar-refractivity contribution in [2.45, 2.75) is 52.5 Å². The van der Waals surface area contributed by atoms with Gasteiger partial charge in [-0.15, -0.1) is 0 Å². The Morgan fingerprint density at radius 2 is 2.07 bits per heavy atom. The van der Waals surface area contributed by atoms with E-state index in [-0.39, 0.29) is 30.2 Å². The lowest BCUT2D eigenvalue weighted by atomic mass is 9.99. The Bertz CT molecular complexity index is 917. The molecule has 0 bridgehead atoms. The minimum Gasteiger partial charge on any atom is -0.361 e. The first-order valence-corrected chi connectivity index (χ1v) is 10.2. The zero-order valence-corrected chi connectivity index (χ0v) is 18.5. The summed E-state index contributed by atoms with van der Waals surface area (Å²) in [4.78, 5) is 38.2. The van der Waals surface area contributed by atoms with Crippen molar-refractivity contribution < 1.29 is 14.1 Å². The van der Waals surface area contributed by atoms with Gasteiger partial charge in [0, 0.05) is 50.9 Å². The summed E-state index contributed by atoms with van der Waals surface area (Å²) < 4.78 is 5.17. The normalized spacial score (nSPS) is 16.2. The van der Waals surface area contributed by atoms with Gasteiger partial charge in [0.25, 0.3) is 5.91 Å². The molecule has 0 aromatic carbocycles. The minimum absolute atomic E-state index is 0.00979. The molecule has 1 aliphatic heterocycles. The molecule has 2 amide bonds. The molecule has 3 rings (SSSR count). The highest BCUT2D eigenvalue weighted by molar-refractivity contribution is 5.95. The lowest BCUT2D eigenvalue weighted by Crippen LogP contribution is -2.33. The van der Waals surface area contributed by atoms with E-state index in [4.69, 9.17) is 4.52 Å². The van der Waals surface area contributed by atoms with Crippen LogP contribution in [-0.4, -0.2) is 65.1 Å². The molecule has 1 unspecified atom stereocenters. The second-order valence-electron chi connectivity index (χ2n) is 8.30. The number of aryl methyl sites for hydroxylation is 2. The maximum atomic E-state index is 12.9. The zero-order valence-electron chi connectivity index (χ0n) is 18.5. The first-order chi connectivity index (χ1) is 14.2. The van der Waals surface area contributed by atoms with Crippen LogP contribution >= 0.6 is 0 Å². The van der Waals surface area contributed by atoms with Crippen molar-refractivity contribution in [2.75, 3.05) is 32.1 Å². The SMILES string of the molecule is Cc1noc(C)c1CC(=O)N1CCC(c2nc(N(C)C)ncc2C(=O)NC(C)C)C1. The third-order valence-corrected chi connectivity index (χ3v) is 5.31. The maximum absolute atomic E-state index is 12.9. The van der Waals surface area contributed by atoms with E-state index < -0.39 is 0 Å². The monoisotopic (exact) mass is 414 g/mol. The van der Waals surface area contributed by atoms with E-state index in [9.17, 15) is 9.59 Å². The summed E-state index contributed by atoms with van der Waals surface area (Å²) in [7, 11) is 3.72. The van der Waals surface area contributed by atoms with Gasteiger partial charge in [0.15, 0.2) is 0 Å². The molecule has 0 radical (unpaired) electrons. The zero-order chi connectivity index (χ0) is 22.0. The molecule has 1 saturated heterocycles. The van der Waals surface area contributed by atoms with E-state index in [1.165, 1.54) is 0 Å². The number of likely N-dealkylation sites (tertiary alicyclic amines) is 1. The van der Waals surface area contributed by atoms with Crippen molar-refractivity contribution in [1.82, 2.24) is 25.3 Å². The van der Waals surface area contributed by atoms with Gasteiger partial charge in [-0.3, -0.25) is 9.59 Å². The molecule has 0 aliphatic carbocycles. The Hall–Kier alpha value is -2.97. The van der Waals surface area contributed by atoms with Gasteiger partial charge >= 0.3 is 0 Å². The molecular formula is C21H30N6O3. The van der Waals surface area contributed by atoms with Crippen LogP contribution in [0.25, 0.3) is 0 Å². The predicted octanol–water partition coefficient (Wildman–Crippen LogP) is 1.84. The van der Waals surface area contributed by atoms with Crippen LogP contribution in [0.5, 0.6) is 0 Å². The van der Waals surface area contributed by atoms with Crippen LogP contribution in [0.4, 0.5) is 5.95 Å². The number of nitrogens with zero attached hydrogens (tertiary/aromatic N) is 5. The number of hydrogen-bond donors (Lipinski definition) is 1. The van der Waals surface area contributed by atoms with E-state index >= 15 is 0 Å². The smallest absolute Gasteiger partial charge is 0.254 e. The highest BCUT2D eigenvalue weighted by atomic mass is 16.5. The molecule has 162 valence electrons. The molecule has 1 fully saturated rings. The second kappa shape index (κ2) is 8.81. The molecule has 1 N–H and O–H groups in total. The third kappa shape index (κ3) is 4.60. The second-order valence-corrected chi connectivity index (χ2v) is 8.30.